The zero-order chi connectivity index (χ0) is 18.1. The summed E-state index contributed by atoms with van der Waals surface area (Å²) >= 11 is 1.43. The number of amides is 1. The van der Waals surface area contributed by atoms with Crippen molar-refractivity contribution < 1.29 is 9.18 Å². The van der Waals surface area contributed by atoms with Crippen molar-refractivity contribution in [1.82, 2.24) is 20.3 Å². The monoisotopic (exact) mass is 367 g/mol. The summed E-state index contributed by atoms with van der Waals surface area (Å²) in [7, 11) is 0. The van der Waals surface area contributed by atoms with E-state index in [0.29, 0.717) is 16.8 Å². The second-order valence-electron chi connectivity index (χ2n) is 6.20. The Labute approximate surface area is 152 Å². The van der Waals surface area contributed by atoms with E-state index in [1.807, 2.05) is 5.38 Å². The maximum atomic E-state index is 13.3. The average Bonchev–Trinajstić information content (AvgIpc) is 3.06. The highest BCUT2D eigenvalue weighted by Gasteiger charge is 2.46. The van der Waals surface area contributed by atoms with Crippen molar-refractivity contribution in [3.05, 3.63) is 69.9 Å². The van der Waals surface area contributed by atoms with Crippen molar-refractivity contribution in [1.29, 1.82) is 5.26 Å². The van der Waals surface area contributed by atoms with E-state index in [1.54, 1.807) is 34.5 Å². The molecule has 2 heterocycles. The van der Waals surface area contributed by atoms with Gasteiger partial charge >= 0.3 is 0 Å². The summed E-state index contributed by atoms with van der Waals surface area (Å²) in [6.07, 6.45) is 3.14. The minimum absolute atomic E-state index is 0.253. The molecule has 130 valence electrons. The SMILES string of the molecule is N#CC1(n2cc([C@@H](NC(=O)c3ccsc3)c3ccc(F)cc3)nn2)CC1. The maximum absolute atomic E-state index is 13.3. The van der Waals surface area contributed by atoms with E-state index >= 15 is 0 Å². The number of benzene rings is 1. The number of hydrogen-bond donors (Lipinski definition) is 1. The Morgan fingerprint density at radius 1 is 1.35 bits per heavy atom. The van der Waals surface area contributed by atoms with Crippen LogP contribution in [0.25, 0.3) is 0 Å². The molecule has 8 heteroatoms. The third kappa shape index (κ3) is 2.97. The highest BCUT2D eigenvalue weighted by molar-refractivity contribution is 7.08. The van der Waals surface area contributed by atoms with Crippen LogP contribution in [0.2, 0.25) is 0 Å². The number of carbonyl (C=O) groups excluding carboxylic acids is 1. The van der Waals surface area contributed by atoms with Crippen molar-refractivity contribution in [2.75, 3.05) is 0 Å². The predicted octanol–water partition coefficient (Wildman–Crippen LogP) is 3.01. The molecule has 4 rings (SSSR count). The van der Waals surface area contributed by atoms with Gasteiger partial charge < -0.3 is 5.32 Å². The zero-order valence-electron chi connectivity index (χ0n) is 13.6. The largest absolute Gasteiger partial charge is 0.339 e. The van der Waals surface area contributed by atoms with Crippen molar-refractivity contribution in [3.63, 3.8) is 0 Å². The van der Waals surface area contributed by atoms with Crippen LogP contribution in [0.3, 0.4) is 0 Å². The Morgan fingerprint density at radius 3 is 2.73 bits per heavy atom. The highest BCUT2D eigenvalue weighted by Crippen LogP contribution is 2.42. The fourth-order valence-electron chi connectivity index (χ4n) is 2.72. The zero-order valence-corrected chi connectivity index (χ0v) is 14.4. The van der Waals surface area contributed by atoms with Gasteiger partial charge in [0.15, 0.2) is 5.54 Å². The molecule has 2 aromatic heterocycles. The molecule has 0 bridgehead atoms. The molecule has 1 aromatic carbocycles. The molecular weight excluding hydrogens is 353 g/mol. The van der Waals surface area contributed by atoms with Gasteiger partial charge in [-0.25, -0.2) is 9.07 Å². The van der Waals surface area contributed by atoms with E-state index in [9.17, 15) is 14.4 Å². The van der Waals surface area contributed by atoms with E-state index in [1.165, 1.54) is 23.5 Å². The Balaban J connectivity index is 1.67. The van der Waals surface area contributed by atoms with Gasteiger partial charge in [-0.1, -0.05) is 17.3 Å². The Bertz CT molecular complexity index is 970. The molecule has 1 saturated carbocycles. The molecule has 6 nitrogen and oxygen atoms in total. The number of hydrogen-bond acceptors (Lipinski definition) is 5. The average molecular weight is 367 g/mol. The molecule has 1 aliphatic carbocycles. The summed E-state index contributed by atoms with van der Waals surface area (Å²) in [5.41, 5.74) is 1.10. The highest BCUT2D eigenvalue weighted by atomic mass is 32.1. The Hall–Kier alpha value is -3.05. The minimum Gasteiger partial charge on any atom is -0.339 e. The standard InChI is InChI=1S/C18H14FN5OS/c19-14-3-1-12(2-4-14)16(21-17(25)13-5-8-26-10-13)15-9-24(23-22-15)18(11-20)6-7-18/h1-5,8-10,16H,6-7H2,(H,21,25)/t16-/m0/s1. The van der Waals surface area contributed by atoms with E-state index in [4.69, 9.17) is 0 Å². The van der Waals surface area contributed by atoms with Crippen LogP contribution in [0.4, 0.5) is 4.39 Å². The molecule has 0 spiro atoms. The number of rotatable bonds is 5. The first-order chi connectivity index (χ1) is 12.6. The number of nitrogens with one attached hydrogen (secondary N) is 1. The molecular formula is C18H14FN5OS. The number of nitrogens with zero attached hydrogens (tertiary/aromatic N) is 4. The lowest BCUT2D eigenvalue weighted by Crippen LogP contribution is -2.29. The first-order valence-electron chi connectivity index (χ1n) is 8.04. The Kier molecular flexibility index (Phi) is 4.01. The maximum Gasteiger partial charge on any atom is 0.252 e. The van der Waals surface area contributed by atoms with Gasteiger partial charge in [0.1, 0.15) is 17.6 Å². The molecule has 26 heavy (non-hydrogen) atoms. The van der Waals surface area contributed by atoms with E-state index < -0.39 is 11.6 Å². The van der Waals surface area contributed by atoms with Gasteiger partial charge in [-0.15, -0.1) is 5.10 Å². The number of carbonyl (C=O) groups is 1. The number of halogens is 1. The second-order valence-corrected chi connectivity index (χ2v) is 6.98. The summed E-state index contributed by atoms with van der Waals surface area (Å²) in [4.78, 5) is 12.5. The molecule has 1 amide bonds. The van der Waals surface area contributed by atoms with Gasteiger partial charge in [0.05, 0.1) is 17.8 Å². The minimum atomic E-state index is -0.629. The molecule has 1 atom stereocenters. The molecule has 0 unspecified atom stereocenters. The predicted molar refractivity (Wildman–Crippen MR) is 92.9 cm³/mol. The van der Waals surface area contributed by atoms with Gasteiger partial charge in [-0.2, -0.15) is 16.6 Å². The van der Waals surface area contributed by atoms with Crippen LogP contribution in [-0.2, 0) is 5.54 Å². The van der Waals surface area contributed by atoms with Crippen molar-refractivity contribution in [2.45, 2.75) is 24.4 Å². The van der Waals surface area contributed by atoms with E-state index in [-0.39, 0.29) is 11.7 Å². The van der Waals surface area contributed by atoms with Crippen molar-refractivity contribution in [2.24, 2.45) is 0 Å². The lowest BCUT2D eigenvalue weighted by Gasteiger charge is -2.16. The number of thiophene rings is 1. The van der Waals surface area contributed by atoms with Crippen LogP contribution >= 0.6 is 11.3 Å². The second kappa shape index (κ2) is 6.35. The molecule has 0 radical (unpaired) electrons. The Morgan fingerprint density at radius 2 is 2.12 bits per heavy atom. The molecule has 1 aliphatic rings. The molecule has 0 aliphatic heterocycles. The van der Waals surface area contributed by atoms with Crippen LogP contribution in [0.5, 0.6) is 0 Å². The van der Waals surface area contributed by atoms with Gasteiger partial charge in [0.2, 0.25) is 0 Å². The lowest BCUT2D eigenvalue weighted by molar-refractivity contribution is 0.0942. The molecule has 1 N–H and O–H groups in total. The smallest absolute Gasteiger partial charge is 0.252 e. The summed E-state index contributed by atoms with van der Waals surface area (Å²) in [6, 6.07) is 9.27. The van der Waals surface area contributed by atoms with Crippen molar-refractivity contribution >= 4 is 17.2 Å². The summed E-state index contributed by atoms with van der Waals surface area (Å²) in [5.74, 6) is -0.613. The normalized spacial score (nSPS) is 15.8. The third-order valence-electron chi connectivity index (χ3n) is 4.44. The van der Waals surface area contributed by atoms with Crippen LogP contribution in [0, 0.1) is 17.1 Å². The summed E-state index contributed by atoms with van der Waals surface area (Å²) in [6.45, 7) is 0. The molecule has 0 saturated heterocycles. The number of aromatic nitrogens is 3. The molecule has 1 fully saturated rings. The van der Waals surface area contributed by atoms with Gasteiger partial charge in [0, 0.05) is 5.38 Å². The van der Waals surface area contributed by atoms with Crippen LogP contribution in [-0.4, -0.2) is 20.9 Å². The summed E-state index contributed by atoms with van der Waals surface area (Å²) < 4.78 is 14.8. The van der Waals surface area contributed by atoms with Crippen molar-refractivity contribution in [3.8, 4) is 6.07 Å². The quantitative estimate of drug-likeness (QED) is 0.751. The van der Waals surface area contributed by atoms with Gasteiger partial charge in [0.25, 0.3) is 5.91 Å². The van der Waals surface area contributed by atoms with Crippen LogP contribution in [0.15, 0.2) is 47.3 Å². The fraction of sp³-hybridized carbons (Fsp3) is 0.222. The first-order valence-corrected chi connectivity index (χ1v) is 8.98. The van der Waals surface area contributed by atoms with Crippen LogP contribution in [0.1, 0.15) is 40.5 Å². The third-order valence-corrected chi connectivity index (χ3v) is 5.12. The topological polar surface area (TPSA) is 83.6 Å². The number of nitriles is 1. The van der Waals surface area contributed by atoms with Gasteiger partial charge in [-0.3, -0.25) is 4.79 Å². The van der Waals surface area contributed by atoms with Crippen LogP contribution < -0.4 is 5.32 Å². The fourth-order valence-corrected chi connectivity index (χ4v) is 3.36. The van der Waals surface area contributed by atoms with E-state index in [0.717, 1.165) is 12.8 Å². The van der Waals surface area contributed by atoms with E-state index in [2.05, 4.69) is 21.7 Å². The van der Waals surface area contributed by atoms with Gasteiger partial charge in [-0.05, 0) is 42.0 Å². The summed E-state index contributed by atoms with van der Waals surface area (Å²) in [5, 5.41) is 24.1. The lowest BCUT2D eigenvalue weighted by atomic mass is 10.0. The molecule has 3 aromatic rings. The first kappa shape index (κ1) is 16.4.